The molecule has 0 saturated carbocycles. The van der Waals surface area contributed by atoms with Crippen LogP contribution in [0.3, 0.4) is 0 Å². The topological polar surface area (TPSA) is 92.4 Å². The number of carbonyl (C=O) groups is 2. The summed E-state index contributed by atoms with van der Waals surface area (Å²) in [4.78, 5) is 27.3. The van der Waals surface area contributed by atoms with Crippen molar-refractivity contribution in [3.8, 4) is 5.75 Å². The number of methoxy groups -OCH3 is 1. The summed E-state index contributed by atoms with van der Waals surface area (Å²) in [7, 11) is 1.47. The summed E-state index contributed by atoms with van der Waals surface area (Å²) in [6.45, 7) is 0. The molecule has 114 valence electrons. The smallest absolute Gasteiger partial charge is 0.338 e. The number of nitrogens with zero attached hydrogens (tertiary/aromatic N) is 1. The molecule has 0 fully saturated rings. The summed E-state index contributed by atoms with van der Waals surface area (Å²) in [5.41, 5.74) is 5.25. The molecule has 1 aromatic heterocycles. The van der Waals surface area contributed by atoms with Crippen LogP contribution in [0.5, 0.6) is 5.75 Å². The zero-order chi connectivity index (χ0) is 15.9. The van der Waals surface area contributed by atoms with E-state index in [4.69, 9.17) is 16.3 Å². The lowest BCUT2D eigenvalue weighted by Gasteiger charge is -2.12. The van der Waals surface area contributed by atoms with Crippen molar-refractivity contribution in [1.29, 1.82) is 0 Å². The highest BCUT2D eigenvalue weighted by atomic mass is 35.5. The van der Waals surface area contributed by atoms with Crippen molar-refractivity contribution in [1.82, 2.24) is 15.8 Å². The number of nitrogens with one attached hydrogen (secondary N) is 3. The highest BCUT2D eigenvalue weighted by Crippen LogP contribution is 2.27. The Labute approximate surface area is 131 Å². The van der Waals surface area contributed by atoms with Crippen molar-refractivity contribution >= 4 is 29.2 Å². The minimum atomic E-state index is -0.636. The van der Waals surface area contributed by atoms with E-state index in [0.717, 1.165) is 0 Å². The molecule has 22 heavy (non-hydrogen) atoms. The first kappa shape index (κ1) is 15.6. The van der Waals surface area contributed by atoms with Crippen LogP contribution in [0.15, 0.2) is 42.7 Å². The van der Waals surface area contributed by atoms with Gasteiger partial charge in [-0.2, -0.15) is 0 Å². The van der Waals surface area contributed by atoms with Crippen LogP contribution in [0, 0.1) is 0 Å². The van der Waals surface area contributed by atoms with E-state index in [1.54, 1.807) is 12.1 Å². The van der Waals surface area contributed by atoms with Gasteiger partial charge in [0.1, 0.15) is 5.75 Å². The molecule has 3 N–H and O–H groups in total. The van der Waals surface area contributed by atoms with E-state index in [1.165, 1.54) is 37.7 Å². The average Bonchev–Trinajstić information content (AvgIpc) is 2.53. The molecule has 1 aromatic carbocycles. The van der Waals surface area contributed by atoms with Gasteiger partial charge in [-0.3, -0.25) is 15.2 Å². The van der Waals surface area contributed by atoms with Gasteiger partial charge in [0, 0.05) is 23.0 Å². The third kappa shape index (κ3) is 4.10. The van der Waals surface area contributed by atoms with E-state index >= 15 is 0 Å². The van der Waals surface area contributed by atoms with E-state index in [1.807, 2.05) is 0 Å². The van der Waals surface area contributed by atoms with Gasteiger partial charge < -0.3 is 10.1 Å². The lowest BCUT2D eigenvalue weighted by atomic mass is 10.3. The first-order valence-electron chi connectivity index (χ1n) is 6.21. The maximum atomic E-state index is 11.8. The summed E-state index contributed by atoms with van der Waals surface area (Å²) in [6.07, 6.45) is 2.96. The number of benzene rings is 1. The molecule has 0 bridgehead atoms. The molecule has 8 heteroatoms. The van der Waals surface area contributed by atoms with Gasteiger partial charge in [-0.25, -0.2) is 10.2 Å². The second-order valence-electron chi connectivity index (χ2n) is 4.11. The Morgan fingerprint density at radius 2 is 1.86 bits per heavy atom. The molecule has 1 heterocycles. The normalized spacial score (nSPS) is 9.73. The van der Waals surface area contributed by atoms with Gasteiger partial charge in [-0.1, -0.05) is 11.6 Å². The Kier molecular flexibility index (Phi) is 5.16. The molecule has 7 nitrogen and oxygen atoms in total. The summed E-state index contributed by atoms with van der Waals surface area (Å²) in [5, 5.41) is 2.96. The standard InChI is InChI=1S/C14H13ClN4O3/c1-22-12-3-2-10(15)8-11(12)17-14(21)19-18-13(20)9-4-6-16-7-5-9/h2-8H,1H3,(H,18,20)(H2,17,19,21). The molecular weight excluding hydrogens is 308 g/mol. The number of anilines is 1. The average molecular weight is 321 g/mol. The molecule has 0 aliphatic heterocycles. The summed E-state index contributed by atoms with van der Waals surface area (Å²) in [5.74, 6) is -0.0179. The van der Waals surface area contributed by atoms with Crippen molar-refractivity contribution in [3.63, 3.8) is 0 Å². The van der Waals surface area contributed by atoms with Crippen LogP contribution in [-0.4, -0.2) is 24.0 Å². The van der Waals surface area contributed by atoms with Gasteiger partial charge in [0.15, 0.2) is 0 Å². The fourth-order valence-electron chi connectivity index (χ4n) is 1.62. The molecule has 0 saturated heterocycles. The third-order valence-corrected chi connectivity index (χ3v) is 2.88. The first-order valence-corrected chi connectivity index (χ1v) is 6.59. The van der Waals surface area contributed by atoms with Crippen LogP contribution in [-0.2, 0) is 0 Å². The van der Waals surface area contributed by atoms with Crippen molar-refractivity contribution in [2.24, 2.45) is 0 Å². The van der Waals surface area contributed by atoms with Gasteiger partial charge in [0.25, 0.3) is 5.91 Å². The molecule has 2 rings (SSSR count). The number of amides is 3. The molecule has 2 aromatic rings. The summed E-state index contributed by atoms with van der Waals surface area (Å²) < 4.78 is 5.10. The molecule has 0 radical (unpaired) electrons. The lowest BCUT2D eigenvalue weighted by molar-refractivity contribution is 0.0938. The van der Waals surface area contributed by atoms with Gasteiger partial charge >= 0.3 is 6.03 Å². The van der Waals surface area contributed by atoms with Crippen LogP contribution in [0.25, 0.3) is 0 Å². The van der Waals surface area contributed by atoms with Crippen molar-refractivity contribution in [2.75, 3.05) is 12.4 Å². The monoisotopic (exact) mass is 320 g/mol. The van der Waals surface area contributed by atoms with E-state index in [-0.39, 0.29) is 0 Å². The largest absolute Gasteiger partial charge is 0.495 e. The van der Waals surface area contributed by atoms with E-state index in [2.05, 4.69) is 21.2 Å². The minimum Gasteiger partial charge on any atom is -0.495 e. The molecule has 3 amide bonds. The number of aromatic nitrogens is 1. The Morgan fingerprint density at radius 1 is 1.14 bits per heavy atom. The number of rotatable bonds is 3. The number of halogens is 1. The third-order valence-electron chi connectivity index (χ3n) is 2.64. The Morgan fingerprint density at radius 3 is 2.55 bits per heavy atom. The summed E-state index contributed by atoms with van der Waals surface area (Å²) in [6, 6.07) is 7.19. The zero-order valence-electron chi connectivity index (χ0n) is 11.6. The number of pyridine rings is 1. The predicted molar refractivity (Wildman–Crippen MR) is 81.9 cm³/mol. The van der Waals surface area contributed by atoms with Gasteiger partial charge in [-0.05, 0) is 30.3 Å². The van der Waals surface area contributed by atoms with Crippen molar-refractivity contribution < 1.29 is 14.3 Å². The van der Waals surface area contributed by atoms with E-state index in [0.29, 0.717) is 22.0 Å². The predicted octanol–water partition coefficient (Wildman–Crippen LogP) is 2.21. The Hall–Kier alpha value is -2.80. The maximum Gasteiger partial charge on any atom is 0.338 e. The lowest BCUT2D eigenvalue weighted by Crippen LogP contribution is -2.43. The Bertz CT molecular complexity index is 679. The second-order valence-corrected chi connectivity index (χ2v) is 4.55. The number of urea groups is 1. The molecule has 0 aliphatic rings. The van der Waals surface area contributed by atoms with Crippen molar-refractivity contribution in [2.45, 2.75) is 0 Å². The number of hydrogen-bond acceptors (Lipinski definition) is 4. The SMILES string of the molecule is COc1ccc(Cl)cc1NC(=O)NNC(=O)c1ccncc1. The first-order chi connectivity index (χ1) is 10.6. The van der Waals surface area contributed by atoms with Gasteiger partial charge in [0.2, 0.25) is 0 Å². The fourth-order valence-corrected chi connectivity index (χ4v) is 1.79. The van der Waals surface area contributed by atoms with Crippen LogP contribution < -0.4 is 20.9 Å². The van der Waals surface area contributed by atoms with E-state index in [9.17, 15) is 9.59 Å². The number of hydrogen-bond donors (Lipinski definition) is 3. The highest BCUT2D eigenvalue weighted by molar-refractivity contribution is 6.31. The quantitative estimate of drug-likeness (QED) is 0.756. The van der Waals surface area contributed by atoms with E-state index < -0.39 is 11.9 Å². The van der Waals surface area contributed by atoms with Gasteiger partial charge in [0.05, 0.1) is 12.8 Å². The Balaban J connectivity index is 1.94. The van der Waals surface area contributed by atoms with Crippen LogP contribution >= 0.6 is 11.6 Å². The molecule has 0 atom stereocenters. The van der Waals surface area contributed by atoms with Crippen LogP contribution in [0.2, 0.25) is 5.02 Å². The highest BCUT2D eigenvalue weighted by Gasteiger charge is 2.10. The van der Waals surface area contributed by atoms with Gasteiger partial charge in [-0.15, -0.1) is 0 Å². The van der Waals surface area contributed by atoms with Crippen LogP contribution in [0.4, 0.5) is 10.5 Å². The fraction of sp³-hybridized carbons (Fsp3) is 0.0714. The molecular formula is C14H13ClN4O3. The molecule has 0 unspecified atom stereocenters. The zero-order valence-corrected chi connectivity index (χ0v) is 12.3. The molecule has 0 spiro atoms. The molecule has 0 aliphatic carbocycles. The van der Waals surface area contributed by atoms with Crippen LogP contribution in [0.1, 0.15) is 10.4 Å². The second kappa shape index (κ2) is 7.28. The number of carbonyl (C=O) groups excluding carboxylic acids is 2. The maximum absolute atomic E-state index is 11.8. The number of hydrazine groups is 1. The summed E-state index contributed by atoms with van der Waals surface area (Å²) >= 11 is 5.86. The van der Waals surface area contributed by atoms with Crippen molar-refractivity contribution in [3.05, 3.63) is 53.3 Å². The minimum absolute atomic E-state index is 0.371. The number of ether oxygens (including phenoxy) is 1.